The number of rotatable bonds is 9. The first-order valence-electron chi connectivity index (χ1n) is 12.0. The van der Waals surface area contributed by atoms with Crippen LogP contribution in [-0.4, -0.2) is 61.7 Å². The number of hydrogen-bond acceptors (Lipinski definition) is 11. The maximum atomic E-state index is 12.7. The fraction of sp³-hybridized carbons (Fsp3) is 0.308. The molecule has 0 unspecified atom stereocenters. The van der Waals surface area contributed by atoms with Crippen molar-refractivity contribution in [3.63, 3.8) is 0 Å². The van der Waals surface area contributed by atoms with E-state index in [0.717, 1.165) is 24.8 Å². The predicted octanol–water partition coefficient (Wildman–Crippen LogP) is 2.02. The van der Waals surface area contributed by atoms with E-state index in [-0.39, 0.29) is 11.3 Å². The Kier molecular flexibility index (Phi) is 8.52. The van der Waals surface area contributed by atoms with Gasteiger partial charge in [0.15, 0.2) is 18.4 Å². The third kappa shape index (κ3) is 6.65. The Morgan fingerprint density at radius 1 is 0.875 bits per heavy atom. The Labute approximate surface area is 229 Å². The zero-order chi connectivity index (χ0) is 29.0. The van der Waals surface area contributed by atoms with Gasteiger partial charge >= 0.3 is 28.2 Å². The first kappa shape index (κ1) is 28.7. The van der Waals surface area contributed by atoms with Crippen molar-refractivity contribution in [1.29, 1.82) is 0 Å². The number of carbonyl (C=O) groups is 4. The van der Waals surface area contributed by atoms with Gasteiger partial charge in [0, 0.05) is 27.0 Å². The molecular weight excluding hydrogens is 548 g/mol. The van der Waals surface area contributed by atoms with Gasteiger partial charge in [-0.2, -0.15) is 8.42 Å². The lowest BCUT2D eigenvalue weighted by Crippen LogP contribution is -2.41. The van der Waals surface area contributed by atoms with Gasteiger partial charge in [0.1, 0.15) is 11.9 Å². The minimum absolute atomic E-state index is 0.150. The lowest BCUT2D eigenvalue weighted by atomic mass is 10.1. The number of para-hydroxylation sites is 2. The number of nitrogens with one attached hydrogen (secondary N) is 1. The third-order valence-corrected chi connectivity index (χ3v) is 6.67. The second-order valence-corrected chi connectivity index (χ2v) is 10.1. The summed E-state index contributed by atoms with van der Waals surface area (Å²) in [5.41, 5.74) is 0.494. The van der Waals surface area contributed by atoms with Crippen molar-refractivity contribution in [2.75, 3.05) is 6.61 Å². The summed E-state index contributed by atoms with van der Waals surface area (Å²) >= 11 is 0. The van der Waals surface area contributed by atoms with Crippen LogP contribution in [0.4, 0.5) is 0 Å². The lowest BCUT2D eigenvalue weighted by molar-refractivity contribution is -0.165. The average Bonchev–Trinajstić information content (AvgIpc) is 3.43. The molecule has 4 rings (SSSR count). The minimum Gasteiger partial charge on any atom is -0.456 e. The summed E-state index contributed by atoms with van der Waals surface area (Å²) in [4.78, 5) is 47.8. The number of benzene rings is 2. The van der Waals surface area contributed by atoms with Gasteiger partial charge in [-0.05, 0) is 29.7 Å². The van der Waals surface area contributed by atoms with Gasteiger partial charge in [0.05, 0.1) is 17.7 Å². The van der Waals surface area contributed by atoms with Crippen LogP contribution in [0, 0.1) is 0 Å². The normalized spacial score (nSPS) is 20.6. The van der Waals surface area contributed by atoms with E-state index >= 15 is 0 Å². The lowest BCUT2D eigenvalue weighted by Gasteiger charge is -2.24. The molecule has 0 saturated carbocycles. The van der Waals surface area contributed by atoms with Crippen molar-refractivity contribution in [2.45, 2.75) is 45.3 Å². The van der Waals surface area contributed by atoms with Crippen molar-refractivity contribution in [2.24, 2.45) is 0 Å². The number of amides is 1. The van der Waals surface area contributed by atoms with Crippen molar-refractivity contribution in [3.8, 4) is 5.75 Å². The summed E-state index contributed by atoms with van der Waals surface area (Å²) in [7, 11) is -4.74. The van der Waals surface area contributed by atoms with E-state index in [9.17, 15) is 27.6 Å². The van der Waals surface area contributed by atoms with Crippen molar-refractivity contribution in [1.82, 2.24) is 9.29 Å². The molecule has 212 valence electrons. The van der Waals surface area contributed by atoms with E-state index in [1.54, 1.807) is 21.6 Å². The van der Waals surface area contributed by atoms with Gasteiger partial charge in [0.25, 0.3) is 5.91 Å². The van der Waals surface area contributed by atoms with E-state index in [0.29, 0.717) is 0 Å². The van der Waals surface area contributed by atoms with Crippen LogP contribution in [0.15, 0.2) is 60.8 Å². The van der Waals surface area contributed by atoms with Crippen LogP contribution in [0.1, 0.15) is 37.4 Å². The number of esters is 3. The first-order chi connectivity index (χ1) is 18.9. The molecular formula is C26H26N2O11S. The van der Waals surface area contributed by atoms with Gasteiger partial charge in [-0.1, -0.05) is 30.3 Å². The molecule has 2 heterocycles. The van der Waals surface area contributed by atoms with Crippen LogP contribution < -0.4 is 9.46 Å². The van der Waals surface area contributed by atoms with Gasteiger partial charge in [-0.3, -0.25) is 23.4 Å². The molecule has 14 heteroatoms. The van der Waals surface area contributed by atoms with Crippen LogP contribution in [0.2, 0.25) is 0 Å². The van der Waals surface area contributed by atoms with E-state index < -0.39 is 65.3 Å². The van der Waals surface area contributed by atoms with Crippen molar-refractivity contribution in [3.05, 3.63) is 66.4 Å². The summed E-state index contributed by atoms with van der Waals surface area (Å²) in [5.74, 6) is -3.38. The van der Waals surface area contributed by atoms with Crippen molar-refractivity contribution < 1.29 is 50.7 Å². The molecule has 0 spiro atoms. The molecule has 4 atom stereocenters. The first-order valence-corrected chi connectivity index (χ1v) is 13.4. The molecule has 1 fully saturated rings. The third-order valence-electron chi connectivity index (χ3n) is 5.78. The Balaban J connectivity index is 1.55. The zero-order valence-corrected chi connectivity index (χ0v) is 22.5. The Morgan fingerprint density at radius 2 is 1.52 bits per heavy atom. The largest absolute Gasteiger partial charge is 0.456 e. The Hall–Kier alpha value is -4.27. The van der Waals surface area contributed by atoms with E-state index in [1.165, 1.54) is 31.2 Å². The number of ether oxygens (including phenoxy) is 4. The molecule has 2 aromatic carbocycles. The van der Waals surface area contributed by atoms with Crippen molar-refractivity contribution >= 4 is 45.0 Å². The molecule has 0 aliphatic carbocycles. The number of fused-ring (bicyclic) bond motifs is 1. The number of nitrogens with zero attached hydrogens (tertiary/aromatic N) is 1. The molecule has 1 aliphatic heterocycles. The van der Waals surface area contributed by atoms with Gasteiger partial charge in [-0.15, -0.1) is 0 Å². The monoisotopic (exact) mass is 574 g/mol. The van der Waals surface area contributed by atoms with Gasteiger partial charge in [-0.25, -0.2) is 4.72 Å². The number of carbonyl (C=O) groups excluding carboxylic acids is 4. The van der Waals surface area contributed by atoms with Crippen LogP contribution >= 0.6 is 0 Å². The summed E-state index contributed by atoms with van der Waals surface area (Å²) in [6.45, 7) is 2.73. The van der Waals surface area contributed by atoms with Gasteiger partial charge < -0.3 is 23.5 Å². The minimum atomic E-state index is -4.74. The predicted molar refractivity (Wildman–Crippen MR) is 137 cm³/mol. The van der Waals surface area contributed by atoms with Crippen LogP contribution in [0.3, 0.4) is 0 Å². The highest BCUT2D eigenvalue weighted by molar-refractivity contribution is 7.85. The zero-order valence-electron chi connectivity index (χ0n) is 21.6. The summed E-state index contributed by atoms with van der Waals surface area (Å²) < 4.78 is 55.6. The molecule has 0 bridgehead atoms. The molecule has 0 radical (unpaired) electrons. The van der Waals surface area contributed by atoms with E-state index in [4.69, 9.17) is 23.1 Å². The van der Waals surface area contributed by atoms with E-state index in [1.807, 2.05) is 24.3 Å². The molecule has 13 nitrogen and oxygen atoms in total. The highest BCUT2D eigenvalue weighted by Crippen LogP contribution is 2.36. The fourth-order valence-corrected chi connectivity index (χ4v) is 5.01. The summed E-state index contributed by atoms with van der Waals surface area (Å²) in [6.07, 6.45) is -2.94. The smallest absolute Gasteiger partial charge is 0.362 e. The molecule has 3 aromatic rings. The molecule has 1 aromatic heterocycles. The van der Waals surface area contributed by atoms with E-state index in [2.05, 4.69) is 0 Å². The second-order valence-electron chi connectivity index (χ2n) is 8.75. The molecule has 1 amide bonds. The Bertz CT molecular complexity index is 1550. The molecule has 1 saturated heterocycles. The highest BCUT2D eigenvalue weighted by Gasteiger charge is 2.50. The van der Waals surface area contributed by atoms with Crippen LogP contribution in [-0.2, 0) is 43.1 Å². The molecule has 1 aliphatic rings. The maximum absolute atomic E-state index is 12.7. The standard InChI is InChI=1S/C26H26N2O11S/c1-15(29)36-21-11-7-5-9-19(21)25(32)27-40(33,34)35-14-22-23(37-16(2)30)24(38-17(3)31)26(39-22)28-13-12-18-8-4-6-10-20(18)28/h4-13,22-24,26H,14H2,1-3H3,(H,27,32)/t22-,23-,24-,26-/m1/s1. The van der Waals surface area contributed by atoms with Crippen LogP contribution in [0.5, 0.6) is 5.75 Å². The topological polar surface area (TPSA) is 166 Å². The summed E-state index contributed by atoms with van der Waals surface area (Å²) in [5, 5.41) is 0.857. The quantitative estimate of drug-likeness (QED) is 0.293. The second kappa shape index (κ2) is 11.9. The summed E-state index contributed by atoms with van der Waals surface area (Å²) in [6, 6.07) is 14.6. The average molecular weight is 575 g/mol. The number of hydrogen-bond donors (Lipinski definition) is 1. The Morgan fingerprint density at radius 3 is 2.23 bits per heavy atom. The molecule has 1 N–H and O–H groups in total. The van der Waals surface area contributed by atoms with Crippen LogP contribution in [0.25, 0.3) is 10.9 Å². The number of aromatic nitrogens is 1. The SMILES string of the molecule is CC(=O)Oc1ccccc1C(=O)NS(=O)(=O)OC[C@H]1O[C@@H](n2ccc3ccccc32)[C@H](OC(C)=O)[C@@H]1OC(C)=O. The molecule has 40 heavy (non-hydrogen) atoms. The van der Waals surface area contributed by atoms with Gasteiger partial charge in [0.2, 0.25) is 0 Å². The highest BCUT2D eigenvalue weighted by atomic mass is 32.2. The maximum Gasteiger partial charge on any atom is 0.362 e. The fourth-order valence-electron chi connectivity index (χ4n) is 4.30.